The standard InChI is InChI=1S/C19H17N3O3/c1-12-4-2-3-5-14(12)17(10-18(23)24)22-19(25)16-7-6-13-11-20-9-8-15(13)21-16/h2-9,11,17H,10H2,1H3,(H,22,25)(H,23,24)/t17-/m0/s1. The molecular formula is C19H17N3O3. The number of rotatable bonds is 5. The van der Waals surface area contributed by atoms with Gasteiger partial charge in [0.15, 0.2) is 0 Å². The third-order valence-electron chi connectivity index (χ3n) is 3.97. The summed E-state index contributed by atoms with van der Waals surface area (Å²) in [6, 6.07) is 11.9. The third-order valence-corrected chi connectivity index (χ3v) is 3.97. The number of hydrogen-bond donors (Lipinski definition) is 2. The third kappa shape index (κ3) is 3.80. The van der Waals surface area contributed by atoms with Crippen molar-refractivity contribution in [2.24, 2.45) is 0 Å². The van der Waals surface area contributed by atoms with Crippen LogP contribution >= 0.6 is 0 Å². The van der Waals surface area contributed by atoms with E-state index in [1.807, 2.05) is 31.2 Å². The van der Waals surface area contributed by atoms with Gasteiger partial charge in [-0.25, -0.2) is 4.98 Å². The summed E-state index contributed by atoms with van der Waals surface area (Å²) < 4.78 is 0. The molecule has 3 rings (SSSR count). The number of nitrogens with zero attached hydrogens (tertiary/aromatic N) is 2. The molecule has 0 aliphatic heterocycles. The summed E-state index contributed by atoms with van der Waals surface area (Å²) in [5, 5.41) is 12.8. The zero-order valence-corrected chi connectivity index (χ0v) is 13.6. The van der Waals surface area contributed by atoms with Gasteiger partial charge >= 0.3 is 5.97 Å². The van der Waals surface area contributed by atoms with Crippen molar-refractivity contribution in [3.05, 3.63) is 71.7 Å². The number of amides is 1. The van der Waals surface area contributed by atoms with Crippen molar-refractivity contribution in [1.82, 2.24) is 15.3 Å². The number of carboxylic acids is 1. The molecule has 0 unspecified atom stereocenters. The molecule has 0 bridgehead atoms. The van der Waals surface area contributed by atoms with Crippen molar-refractivity contribution in [3.63, 3.8) is 0 Å². The Morgan fingerprint density at radius 2 is 1.96 bits per heavy atom. The first-order valence-electron chi connectivity index (χ1n) is 7.83. The van der Waals surface area contributed by atoms with Crippen molar-refractivity contribution in [1.29, 1.82) is 0 Å². The van der Waals surface area contributed by atoms with E-state index >= 15 is 0 Å². The fourth-order valence-electron chi connectivity index (χ4n) is 2.72. The summed E-state index contributed by atoms with van der Waals surface area (Å²) in [5.41, 5.74) is 2.60. The average molecular weight is 335 g/mol. The van der Waals surface area contributed by atoms with Crippen LogP contribution in [-0.4, -0.2) is 27.0 Å². The molecule has 6 nitrogen and oxygen atoms in total. The first-order chi connectivity index (χ1) is 12.0. The number of aromatic nitrogens is 2. The first-order valence-corrected chi connectivity index (χ1v) is 7.83. The molecule has 1 atom stereocenters. The van der Waals surface area contributed by atoms with Gasteiger partial charge in [-0.1, -0.05) is 24.3 Å². The summed E-state index contributed by atoms with van der Waals surface area (Å²) in [7, 11) is 0. The summed E-state index contributed by atoms with van der Waals surface area (Å²) in [4.78, 5) is 32.1. The predicted octanol–water partition coefficient (Wildman–Crippen LogP) is 2.88. The minimum atomic E-state index is -0.980. The van der Waals surface area contributed by atoms with Crippen LogP contribution in [0.1, 0.15) is 34.1 Å². The van der Waals surface area contributed by atoms with Gasteiger partial charge in [-0.3, -0.25) is 14.6 Å². The van der Waals surface area contributed by atoms with E-state index in [9.17, 15) is 14.7 Å². The molecule has 0 spiro atoms. The lowest BCUT2D eigenvalue weighted by Gasteiger charge is -2.19. The Labute approximate surface area is 144 Å². The minimum Gasteiger partial charge on any atom is -0.481 e. The van der Waals surface area contributed by atoms with Crippen molar-refractivity contribution >= 4 is 22.8 Å². The molecule has 0 fully saturated rings. The molecule has 0 radical (unpaired) electrons. The summed E-state index contributed by atoms with van der Waals surface area (Å²) >= 11 is 0. The molecule has 2 aromatic heterocycles. The highest BCUT2D eigenvalue weighted by Crippen LogP contribution is 2.21. The van der Waals surface area contributed by atoms with E-state index in [0.717, 1.165) is 16.5 Å². The Bertz CT molecular complexity index is 940. The molecule has 2 N–H and O–H groups in total. The highest BCUT2D eigenvalue weighted by atomic mass is 16.4. The Kier molecular flexibility index (Phi) is 4.70. The Hall–Kier alpha value is -3.28. The Morgan fingerprint density at radius 3 is 2.72 bits per heavy atom. The normalized spacial score (nSPS) is 11.9. The quantitative estimate of drug-likeness (QED) is 0.748. The van der Waals surface area contributed by atoms with Gasteiger partial charge in [0.25, 0.3) is 5.91 Å². The second kappa shape index (κ2) is 7.09. The van der Waals surface area contributed by atoms with Gasteiger partial charge in [-0.15, -0.1) is 0 Å². The number of carbonyl (C=O) groups excluding carboxylic acids is 1. The van der Waals surface area contributed by atoms with Gasteiger partial charge in [0.1, 0.15) is 5.69 Å². The van der Waals surface area contributed by atoms with Crippen molar-refractivity contribution in [2.75, 3.05) is 0 Å². The summed E-state index contributed by atoms with van der Waals surface area (Å²) in [5.74, 6) is -1.39. The lowest BCUT2D eigenvalue weighted by molar-refractivity contribution is -0.137. The monoisotopic (exact) mass is 335 g/mol. The molecule has 0 saturated heterocycles. The lowest BCUT2D eigenvalue weighted by Crippen LogP contribution is -2.31. The maximum Gasteiger partial charge on any atom is 0.305 e. The van der Waals surface area contributed by atoms with Gasteiger partial charge in [-0.05, 0) is 36.2 Å². The van der Waals surface area contributed by atoms with Gasteiger partial charge in [0.05, 0.1) is 18.0 Å². The number of carboxylic acid groups (broad SMARTS) is 1. The SMILES string of the molecule is Cc1ccccc1[C@H](CC(=O)O)NC(=O)c1ccc2cnccc2n1. The molecule has 6 heteroatoms. The molecule has 0 aliphatic carbocycles. The highest BCUT2D eigenvalue weighted by Gasteiger charge is 2.21. The first kappa shape index (κ1) is 16.6. The number of pyridine rings is 2. The van der Waals surface area contributed by atoms with Gasteiger partial charge < -0.3 is 10.4 Å². The van der Waals surface area contributed by atoms with Crippen LogP contribution in [0, 0.1) is 6.92 Å². The van der Waals surface area contributed by atoms with Crippen LogP contribution in [-0.2, 0) is 4.79 Å². The summed E-state index contributed by atoms with van der Waals surface area (Å²) in [6.07, 6.45) is 3.08. The fourth-order valence-corrected chi connectivity index (χ4v) is 2.72. The smallest absolute Gasteiger partial charge is 0.305 e. The predicted molar refractivity (Wildman–Crippen MR) is 93.2 cm³/mol. The zero-order chi connectivity index (χ0) is 17.8. The molecule has 1 aromatic carbocycles. The molecule has 25 heavy (non-hydrogen) atoms. The van der Waals surface area contributed by atoms with Crippen LogP contribution in [0.25, 0.3) is 10.9 Å². The number of carbonyl (C=O) groups is 2. The number of aryl methyl sites for hydroxylation is 1. The van der Waals surface area contributed by atoms with E-state index in [4.69, 9.17) is 0 Å². The lowest BCUT2D eigenvalue weighted by atomic mass is 9.98. The molecule has 0 aliphatic rings. The van der Waals surface area contributed by atoms with Gasteiger partial charge in [-0.2, -0.15) is 0 Å². The van der Waals surface area contributed by atoms with Crippen LogP contribution in [0.3, 0.4) is 0 Å². The van der Waals surface area contributed by atoms with Gasteiger partial charge in [0.2, 0.25) is 0 Å². The molecule has 3 aromatic rings. The fraction of sp³-hybridized carbons (Fsp3) is 0.158. The number of nitrogens with one attached hydrogen (secondary N) is 1. The van der Waals surface area contributed by atoms with Crippen LogP contribution in [0.15, 0.2) is 54.9 Å². The van der Waals surface area contributed by atoms with E-state index in [0.29, 0.717) is 5.52 Å². The van der Waals surface area contributed by atoms with Crippen LogP contribution in [0.5, 0.6) is 0 Å². The maximum absolute atomic E-state index is 12.6. The van der Waals surface area contributed by atoms with E-state index in [2.05, 4.69) is 15.3 Å². The van der Waals surface area contributed by atoms with Crippen molar-refractivity contribution in [3.8, 4) is 0 Å². The number of fused-ring (bicyclic) bond motifs is 1. The molecular weight excluding hydrogens is 318 g/mol. The van der Waals surface area contributed by atoms with Crippen LogP contribution in [0.2, 0.25) is 0 Å². The minimum absolute atomic E-state index is 0.200. The zero-order valence-electron chi connectivity index (χ0n) is 13.6. The van der Waals surface area contributed by atoms with E-state index < -0.39 is 17.9 Å². The Morgan fingerprint density at radius 1 is 1.16 bits per heavy atom. The van der Waals surface area contributed by atoms with Gasteiger partial charge in [0, 0.05) is 17.8 Å². The van der Waals surface area contributed by atoms with Crippen molar-refractivity contribution in [2.45, 2.75) is 19.4 Å². The maximum atomic E-state index is 12.6. The van der Waals surface area contributed by atoms with Crippen LogP contribution < -0.4 is 5.32 Å². The number of aliphatic carboxylic acids is 1. The van der Waals surface area contributed by atoms with E-state index in [-0.39, 0.29) is 12.1 Å². The molecule has 0 saturated carbocycles. The average Bonchev–Trinajstić information content (AvgIpc) is 2.60. The molecule has 1 amide bonds. The molecule has 2 heterocycles. The Balaban J connectivity index is 1.88. The second-order valence-electron chi connectivity index (χ2n) is 5.75. The highest BCUT2D eigenvalue weighted by molar-refractivity contribution is 5.95. The van der Waals surface area contributed by atoms with Crippen LogP contribution in [0.4, 0.5) is 0 Å². The number of benzene rings is 1. The second-order valence-corrected chi connectivity index (χ2v) is 5.75. The molecule has 126 valence electrons. The number of hydrogen-bond acceptors (Lipinski definition) is 4. The topological polar surface area (TPSA) is 92.2 Å². The largest absolute Gasteiger partial charge is 0.481 e. The van der Waals surface area contributed by atoms with Crippen molar-refractivity contribution < 1.29 is 14.7 Å². The van der Waals surface area contributed by atoms with E-state index in [1.165, 1.54) is 0 Å². The van der Waals surface area contributed by atoms with E-state index in [1.54, 1.807) is 30.6 Å². The summed E-state index contributed by atoms with van der Waals surface area (Å²) in [6.45, 7) is 1.89.